The zero-order chi connectivity index (χ0) is 27.2. The van der Waals surface area contributed by atoms with E-state index in [0.717, 1.165) is 19.3 Å². The Bertz CT molecular complexity index is 1020. The molecule has 0 saturated heterocycles. The van der Waals surface area contributed by atoms with Gasteiger partial charge in [-0.1, -0.05) is 70.4 Å². The first kappa shape index (κ1) is 30.1. The van der Waals surface area contributed by atoms with E-state index in [-0.39, 0.29) is 17.7 Å². The number of hydrogen-bond acceptors (Lipinski definition) is 5. The molecule has 2 aromatic rings. The lowest BCUT2D eigenvalue weighted by Crippen LogP contribution is -2.17. The Hall–Kier alpha value is -3.17. The maximum atomic E-state index is 13.6. The lowest BCUT2D eigenvalue weighted by molar-refractivity contribution is 0.0418. The van der Waals surface area contributed by atoms with Crippen molar-refractivity contribution in [3.05, 3.63) is 64.5 Å². The SMILES string of the molecule is CCCCCCCCCCCOC(=O)c1ccccc1C(=O)OCCOc1c(F)c(F)c(F)c(F)c1F. The molecule has 37 heavy (non-hydrogen) atoms. The standard InChI is InChI=1S/C27H31F5O5/c1-2-3-4-5-6-7-8-9-12-15-36-26(33)18-13-10-11-14-19(18)27(34)37-17-16-35-25-23(31)21(29)20(28)22(30)24(25)32/h10-11,13-14H,2-9,12,15-17H2,1H3. The third-order valence-electron chi connectivity index (χ3n) is 5.58. The second-order valence-corrected chi connectivity index (χ2v) is 8.39. The Morgan fingerprint density at radius 3 is 1.54 bits per heavy atom. The van der Waals surface area contributed by atoms with E-state index in [1.54, 1.807) is 0 Å². The van der Waals surface area contributed by atoms with Crippen LogP contribution in [0, 0.1) is 29.1 Å². The van der Waals surface area contributed by atoms with Crippen molar-refractivity contribution in [3.63, 3.8) is 0 Å². The first-order chi connectivity index (χ1) is 17.8. The second kappa shape index (κ2) is 15.8. The van der Waals surface area contributed by atoms with Gasteiger partial charge in [0.15, 0.2) is 5.75 Å². The van der Waals surface area contributed by atoms with Crippen LogP contribution in [0.1, 0.15) is 85.4 Å². The van der Waals surface area contributed by atoms with E-state index in [0.29, 0.717) is 6.42 Å². The molecule has 0 saturated carbocycles. The van der Waals surface area contributed by atoms with Crippen molar-refractivity contribution < 1.29 is 45.8 Å². The zero-order valence-corrected chi connectivity index (χ0v) is 20.7. The van der Waals surface area contributed by atoms with Gasteiger partial charge in [0.05, 0.1) is 17.7 Å². The number of unbranched alkanes of at least 4 members (excludes halogenated alkanes) is 8. The van der Waals surface area contributed by atoms with Crippen LogP contribution in [0.3, 0.4) is 0 Å². The van der Waals surface area contributed by atoms with Gasteiger partial charge in [0.25, 0.3) is 0 Å². The number of halogens is 5. The summed E-state index contributed by atoms with van der Waals surface area (Å²) in [4.78, 5) is 24.9. The largest absolute Gasteiger partial charge is 0.484 e. The minimum atomic E-state index is -2.31. The predicted octanol–water partition coefficient (Wildman–Crippen LogP) is 7.31. The normalized spacial score (nSPS) is 10.9. The molecule has 2 aromatic carbocycles. The van der Waals surface area contributed by atoms with Crippen LogP contribution >= 0.6 is 0 Å². The van der Waals surface area contributed by atoms with Gasteiger partial charge >= 0.3 is 11.9 Å². The van der Waals surface area contributed by atoms with Gasteiger partial charge in [-0.05, 0) is 18.6 Å². The number of hydrogen-bond donors (Lipinski definition) is 0. The monoisotopic (exact) mass is 530 g/mol. The molecule has 0 aliphatic heterocycles. The highest BCUT2D eigenvalue weighted by atomic mass is 19.2. The fourth-order valence-electron chi connectivity index (χ4n) is 3.56. The van der Waals surface area contributed by atoms with Crippen molar-refractivity contribution in [2.75, 3.05) is 19.8 Å². The highest BCUT2D eigenvalue weighted by Gasteiger charge is 2.27. The van der Waals surface area contributed by atoms with E-state index >= 15 is 0 Å². The van der Waals surface area contributed by atoms with Gasteiger partial charge in [0.2, 0.25) is 29.1 Å². The van der Waals surface area contributed by atoms with Gasteiger partial charge in [-0.25, -0.2) is 22.8 Å². The molecule has 0 fully saturated rings. The average Bonchev–Trinajstić information content (AvgIpc) is 2.91. The summed E-state index contributed by atoms with van der Waals surface area (Å²) in [5.41, 5.74) is -0.125. The molecule has 0 bridgehead atoms. The molecule has 204 valence electrons. The minimum Gasteiger partial charge on any atom is -0.484 e. The molecule has 0 aromatic heterocycles. The van der Waals surface area contributed by atoms with Gasteiger partial charge in [-0.2, -0.15) is 8.78 Å². The molecule has 10 heteroatoms. The second-order valence-electron chi connectivity index (χ2n) is 8.39. The Morgan fingerprint density at radius 1 is 0.595 bits per heavy atom. The quantitative estimate of drug-likeness (QED) is 0.0749. The lowest BCUT2D eigenvalue weighted by atomic mass is 10.1. The fraction of sp³-hybridized carbons (Fsp3) is 0.481. The van der Waals surface area contributed by atoms with Crippen LogP contribution in [-0.2, 0) is 9.47 Å². The van der Waals surface area contributed by atoms with Crippen molar-refractivity contribution >= 4 is 11.9 Å². The molecular formula is C27H31F5O5. The summed E-state index contributed by atoms with van der Waals surface area (Å²) in [5, 5.41) is 0. The van der Waals surface area contributed by atoms with Crippen LogP contribution in [-0.4, -0.2) is 31.8 Å². The van der Waals surface area contributed by atoms with Crippen molar-refractivity contribution in [2.24, 2.45) is 0 Å². The summed E-state index contributed by atoms with van der Waals surface area (Å²) in [5.74, 6) is -14.0. The summed E-state index contributed by atoms with van der Waals surface area (Å²) in [7, 11) is 0. The van der Waals surface area contributed by atoms with E-state index in [9.17, 15) is 31.5 Å². The van der Waals surface area contributed by atoms with E-state index in [2.05, 4.69) is 11.7 Å². The van der Waals surface area contributed by atoms with E-state index in [4.69, 9.17) is 9.47 Å². The lowest BCUT2D eigenvalue weighted by Gasteiger charge is -2.12. The maximum absolute atomic E-state index is 13.6. The van der Waals surface area contributed by atoms with E-state index in [1.807, 2.05) is 0 Å². The Labute approximate surface area is 212 Å². The van der Waals surface area contributed by atoms with Crippen molar-refractivity contribution in [2.45, 2.75) is 64.7 Å². The smallest absolute Gasteiger partial charge is 0.339 e. The van der Waals surface area contributed by atoms with E-state index < -0.39 is 60.0 Å². The van der Waals surface area contributed by atoms with Gasteiger partial charge in [-0.15, -0.1) is 0 Å². The minimum absolute atomic E-state index is 0.0240. The van der Waals surface area contributed by atoms with Crippen LogP contribution in [0.25, 0.3) is 0 Å². The van der Waals surface area contributed by atoms with Crippen LogP contribution in [0.5, 0.6) is 5.75 Å². The van der Waals surface area contributed by atoms with Gasteiger partial charge in [0.1, 0.15) is 13.2 Å². The maximum Gasteiger partial charge on any atom is 0.339 e. The highest BCUT2D eigenvalue weighted by molar-refractivity contribution is 6.03. The summed E-state index contributed by atoms with van der Waals surface area (Å²) in [6.07, 6.45) is 9.98. The molecule has 0 heterocycles. The molecule has 2 rings (SSSR count). The molecule has 0 atom stereocenters. The van der Waals surface area contributed by atoms with Gasteiger partial charge < -0.3 is 14.2 Å². The van der Waals surface area contributed by atoms with Crippen molar-refractivity contribution in [1.29, 1.82) is 0 Å². The Morgan fingerprint density at radius 2 is 1.03 bits per heavy atom. The third kappa shape index (κ3) is 9.02. The van der Waals surface area contributed by atoms with Crippen molar-refractivity contribution in [3.8, 4) is 5.75 Å². The van der Waals surface area contributed by atoms with Crippen LogP contribution in [0.4, 0.5) is 22.0 Å². The molecule has 0 spiro atoms. The molecule has 0 unspecified atom stereocenters. The van der Waals surface area contributed by atoms with Crippen LogP contribution in [0.15, 0.2) is 24.3 Å². The molecule has 0 N–H and O–H groups in total. The number of esters is 2. The number of benzene rings is 2. The molecule has 0 aliphatic rings. The summed E-state index contributed by atoms with van der Waals surface area (Å²) in [6.45, 7) is 1.10. The average molecular weight is 531 g/mol. The Balaban J connectivity index is 1.78. The fourth-order valence-corrected chi connectivity index (χ4v) is 3.56. The van der Waals surface area contributed by atoms with Gasteiger partial charge in [-0.3, -0.25) is 0 Å². The molecule has 5 nitrogen and oxygen atoms in total. The van der Waals surface area contributed by atoms with Crippen LogP contribution < -0.4 is 4.74 Å². The molecular weight excluding hydrogens is 499 g/mol. The van der Waals surface area contributed by atoms with Gasteiger partial charge in [0, 0.05) is 0 Å². The number of carbonyl (C=O) groups is 2. The first-order valence-corrected chi connectivity index (χ1v) is 12.4. The summed E-state index contributed by atoms with van der Waals surface area (Å²) >= 11 is 0. The molecule has 0 aliphatic carbocycles. The predicted molar refractivity (Wildman–Crippen MR) is 126 cm³/mol. The number of ether oxygens (including phenoxy) is 3. The van der Waals surface area contributed by atoms with E-state index in [1.165, 1.54) is 56.4 Å². The summed E-state index contributed by atoms with van der Waals surface area (Å²) in [6, 6.07) is 5.76. The van der Waals surface area contributed by atoms with Crippen molar-refractivity contribution in [1.82, 2.24) is 0 Å². The molecule has 0 amide bonds. The third-order valence-corrected chi connectivity index (χ3v) is 5.58. The Kier molecular flexibility index (Phi) is 12.9. The highest BCUT2D eigenvalue weighted by Crippen LogP contribution is 2.29. The molecule has 0 radical (unpaired) electrons. The van der Waals surface area contributed by atoms with Crippen LogP contribution in [0.2, 0.25) is 0 Å². The number of carbonyl (C=O) groups excluding carboxylic acids is 2. The summed E-state index contributed by atoms with van der Waals surface area (Å²) < 4.78 is 81.6. The topological polar surface area (TPSA) is 61.8 Å². The zero-order valence-electron chi connectivity index (χ0n) is 20.7. The number of rotatable bonds is 16. The first-order valence-electron chi connectivity index (χ1n) is 12.4.